The van der Waals surface area contributed by atoms with E-state index in [0.29, 0.717) is 0 Å². The van der Waals surface area contributed by atoms with E-state index < -0.39 is 23.5 Å². The van der Waals surface area contributed by atoms with Gasteiger partial charge >= 0.3 is 11.9 Å². The molecule has 1 atom stereocenters. The van der Waals surface area contributed by atoms with Gasteiger partial charge in [-0.3, -0.25) is 4.79 Å². The quantitative estimate of drug-likeness (QED) is 0.598. The van der Waals surface area contributed by atoms with Crippen molar-refractivity contribution in [2.75, 3.05) is 5.73 Å². The molecule has 3 N–H and O–H groups in total. The number of esters is 1. The summed E-state index contributed by atoms with van der Waals surface area (Å²) in [5, 5.41) is 9.66. The third kappa shape index (κ3) is 4.70. The van der Waals surface area contributed by atoms with Gasteiger partial charge in [0, 0.05) is 12.6 Å². The van der Waals surface area contributed by atoms with Crippen molar-refractivity contribution in [3.05, 3.63) is 100.0 Å². The second-order valence-electron chi connectivity index (χ2n) is 6.46. The molecule has 1 unspecified atom stereocenters. The monoisotopic (exact) mass is 392 g/mol. The maximum absolute atomic E-state index is 12.9. The maximum atomic E-state index is 12.9. The van der Waals surface area contributed by atoms with Gasteiger partial charge in [-0.1, -0.05) is 60.7 Å². The van der Waals surface area contributed by atoms with Crippen LogP contribution in [0.1, 0.15) is 27.5 Å². The molecule has 1 heterocycles. The number of benzene rings is 2. The topological polar surface area (TPSA) is 112 Å². The van der Waals surface area contributed by atoms with Crippen molar-refractivity contribution in [1.29, 1.82) is 0 Å². The summed E-state index contributed by atoms with van der Waals surface area (Å²) < 4.78 is 6.21. The third-order valence-corrected chi connectivity index (χ3v) is 4.46. The number of aliphatic carboxylic acids is 1. The summed E-state index contributed by atoms with van der Waals surface area (Å²) in [7, 11) is 0. The lowest BCUT2D eigenvalue weighted by atomic mass is 10.1. The molecule has 0 aliphatic carbocycles. The van der Waals surface area contributed by atoms with E-state index in [1.807, 2.05) is 12.1 Å². The molecule has 7 heteroatoms. The molecule has 0 saturated carbocycles. The van der Waals surface area contributed by atoms with Gasteiger partial charge in [0.2, 0.25) is 0 Å². The molecular weight excluding hydrogens is 372 g/mol. The Morgan fingerprint density at radius 1 is 0.966 bits per heavy atom. The number of hydrogen-bond donors (Lipinski definition) is 2. The highest BCUT2D eigenvalue weighted by Gasteiger charge is 2.26. The van der Waals surface area contributed by atoms with Gasteiger partial charge in [-0.25, -0.2) is 9.59 Å². The number of pyridine rings is 1. The van der Waals surface area contributed by atoms with E-state index in [1.165, 1.54) is 12.3 Å². The first-order chi connectivity index (χ1) is 14.0. The molecule has 0 spiro atoms. The van der Waals surface area contributed by atoms with Crippen LogP contribution in [0, 0.1) is 0 Å². The highest BCUT2D eigenvalue weighted by atomic mass is 16.5. The summed E-state index contributed by atoms with van der Waals surface area (Å²) in [6.07, 6.45) is 1.37. The van der Waals surface area contributed by atoms with Gasteiger partial charge in [-0.2, -0.15) is 0 Å². The molecule has 0 bridgehead atoms. The van der Waals surface area contributed by atoms with Crippen LogP contribution < -0.4 is 11.3 Å². The van der Waals surface area contributed by atoms with Crippen molar-refractivity contribution in [1.82, 2.24) is 4.57 Å². The second-order valence-corrected chi connectivity index (χ2v) is 6.46. The number of carboxylic acids is 1. The fraction of sp³-hybridized carbons (Fsp3) is 0.136. The summed E-state index contributed by atoms with van der Waals surface area (Å²) in [6, 6.07) is 18.1. The largest absolute Gasteiger partial charge is 0.480 e. The molecular formula is C22H20N2O5. The molecule has 3 aromatic rings. The number of carboxylic acid groups (broad SMARTS) is 1. The molecule has 0 fully saturated rings. The molecule has 1 aromatic heterocycles. The predicted molar refractivity (Wildman–Crippen MR) is 107 cm³/mol. The Labute approximate surface area is 167 Å². The Hall–Kier alpha value is -3.87. The average molecular weight is 392 g/mol. The van der Waals surface area contributed by atoms with Crippen LogP contribution in [0.2, 0.25) is 0 Å². The number of hydrogen-bond acceptors (Lipinski definition) is 5. The molecule has 148 valence electrons. The van der Waals surface area contributed by atoms with Gasteiger partial charge < -0.3 is 20.1 Å². The number of anilines is 1. The van der Waals surface area contributed by atoms with E-state index in [1.54, 1.807) is 48.5 Å². The van der Waals surface area contributed by atoms with E-state index in [2.05, 4.69) is 0 Å². The lowest BCUT2D eigenvalue weighted by Gasteiger charge is -2.17. The van der Waals surface area contributed by atoms with Crippen LogP contribution in [-0.2, 0) is 22.6 Å². The van der Waals surface area contributed by atoms with Gasteiger partial charge in [0.15, 0.2) is 0 Å². The van der Waals surface area contributed by atoms with Crippen LogP contribution in [0.4, 0.5) is 5.69 Å². The number of nitrogens with zero attached hydrogens (tertiary/aromatic N) is 1. The first kappa shape index (κ1) is 19.9. The molecule has 29 heavy (non-hydrogen) atoms. The minimum absolute atomic E-state index is 0.0280. The van der Waals surface area contributed by atoms with Gasteiger partial charge in [0.25, 0.3) is 5.56 Å². The van der Waals surface area contributed by atoms with Crippen LogP contribution in [0.25, 0.3) is 0 Å². The van der Waals surface area contributed by atoms with E-state index in [0.717, 1.165) is 15.7 Å². The van der Waals surface area contributed by atoms with Crippen molar-refractivity contribution in [3.63, 3.8) is 0 Å². The lowest BCUT2D eigenvalue weighted by molar-refractivity contribution is -0.141. The molecule has 7 nitrogen and oxygen atoms in total. The van der Waals surface area contributed by atoms with Crippen molar-refractivity contribution < 1.29 is 19.4 Å². The number of carbonyl (C=O) groups is 2. The molecule has 0 aliphatic rings. The summed E-state index contributed by atoms with van der Waals surface area (Å²) in [5.41, 5.74) is 6.09. The van der Waals surface area contributed by atoms with E-state index >= 15 is 0 Å². The molecule has 0 saturated heterocycles. The normalized spacial score (nSPS) is 11.6. The third-order valence-electron chi connectivity index (χ3n) is 4.46. The van der Waals surface area contributed by atoms with Gasteiger partial charge in [0.05, 0.1) is 5.69 Å². The lowest BCUT2D eigenvalue weighted by Crippen LogP contribution is -2.35. The van der Waals surface area contributed by atoms with Crippen molar-refractivity contribution >= 4 is 17.6 Å². The minimum atomic E-state index is -1.19. The van der Waals surface area contributed by atoms with E-state index in [9.17, 15) is 19.5 Å². The predicted octanol–water partition coefficient (Wildman–Crippen LogP) is 2.66. The minimum Gasteiger partial charge on any atom is -0.480 e. The number of rotatable bonds is 7. The summed E-state index contributed by atoms with van der Waals surface area (Å²) in [4.78, 5) is 37.2. The fourth-order valence-electron chi connectivity index (χ4n) is 2.95. The standard InChI is InChI=1S/C22H20N2O5/c23-17-11-12-24(18(21(26)27)13-15-7-3-1-4-8-15)20(25)19(17)22(28)29-14-16-9-5-2-6-10-16/h1-12,18H,13-14,23H2,(H,26,27). The Kier molecular flexibility index (Phi) is 6.09. The summed E-state index contributed by atoms with van der Waals surface area (Å²) in [5.74, 6) is -2.08. The van der Waals surface area contributed by atoms with Crippen LogP contribution in [-0.4, -0.2) is 21.6 Å². The molecule has 3 rings (SSSR count). The van der Waals surface area contributed by atoms with E-state index in [4.69, 9.17) is 10.5 Å². The van der Waals surface area contributed by atoms with Crippen LogP contribution >= 0.6 is 0 Å². The molecule has 0 radical (unpaired) electrons. The summed E-state index contributed by atoms with van der Waals surface area (Å²) in [6.45, 7) is -0.0280. The molecule has 0 amide bonds. The average Bonchev–Trinajstić information content (AvgIpc) is 2.72. The number of aromatic nitrogens is 1. The number of nitrogens with two attached hydrogens (primary N) is 1. The number of carbonyl (C=O) groups excluding carboxylic acids is 1. The van der Waals surface area contributed by atoms with Crippen molar-refractivity contribution in [2.45, 2.75) is 19.1 Å². The van der Waals surface area contributed by atoms with Crippen LogP contribution in [0.5, 0.6) is 0 Å². The highest BCUT2D eigenvalue weighted by Crippen LogP contribution is 2.16. The Balaban J connectivity index is 1.89. The second kappa shape index (κ2) is 8.88. The fourth-order valence-corrected chi connectivity index (χ4v) is 2.95. The Bertz CT molecular complexity index is 1060. The summed E-state index contributed by atoms with van der Waals surface area (Å²) >= 11 is 0. The van der Waals surface area contributed by atoms with Crippen LogP contribution in [0.3, 0.4) is 0 Å². The zero-order valence-electron chi connectivity index (χ0n) is 15.5. The zero-order chi connectivity index (χ0) is 20.8. The van der Waals surface area contributed by atoms with Crippen LogP contribution in [0.15, 0.2) is 77.7 Å². The smallest absolute Gasteiger partial charge is 0.346 e. The Morgan fingerprint density at radius 2 is 1.55 bits per heavy atom. The highest BCUT2D eigenvalue weighted by molar-refractivity contribution is 5.94. The maximum Gasteiger partial charge on any atom is 0.346 e. The first-order valence-electron chi connectivity index (χ1n) is 8.95. The molecule has 0 aliphatic heterocycles. The van der Waals surface area contributed by atoms with E-state index in [-0.39, 0.29) is 24.3 Å². The van der Waals surface area contributed by atoms with Gasteiger partial charge in [0.1, 0.15) is 18.2 Å². The SMILES string of the molecule is Nc1ccn(C(Cc2ccccc2)C(=O)O)c(=O)c1C(=O)OCc1ccccc1. The number of ether oxygens (including phenoxy) is 1. The van der Waals surface area contributed by atoms with Crippen molar-refractivity contribution in [2.24, 2.45) is 0 Å². The zero-order valence-corrected chi connectivity index (χ0v) is 15.5. The Morgan fingerprint density at radius 3 is 2.14 bits per heavy atom. The van der Waals surface area contributed by atoms with Crippen molar-refractivity contribution in [3.8, 4) is 0 Å². The molecule has 2 aromatic carbocycles. The number of nitrogen functional groups attached to an aromatic ring is 1. The van der Waals surface area contributed by atoms with Gasteiger partial charge in [-0.05, 0) is 17.2 Å². The van der Waals surface area contributed by atoms with Gasteiger partial charge in [-0.15, -0.1) is 0 Å². The first-order valence-corrected chi connectivity index (χ1v) is 8.95.